The van der Waals surface area contributed by atoms with E-state index in [-0.39, 0.29) is 38.6 Å². The molecule has 0 radical (unpaired) electrons. The third-order valence-corrected chi connectivity index (χ3v) is 9.64. The minimum atomic E-state index is -4.37. The van der Waals surface area contributed by atoms with Gasteiger partial charge in [0, 0.05) is 19.4 Å². The minimum Gasteiger partial charge on any atom is -0.462 e. The number of phosphoric acid groups is 1. The number of phosphoric ester groups is 1. The fraction of sp³-hybridized carbons (Fsp3) is 0.897. The van der Waals surface area contributed by atoms with Crippen LogP contribution in [0.2, 0.25) is 0 Å². The molecule has 9 nitrogen and oxygen atoms in total. The fourth-order valence-corrected chi connectivity index (χ4v) is 6.38. The zero-order valence-electron chi connectivity index (χ0n) is 31.7. The Morgan fingerprint density at radius 3 is 1.51 bits per heavy atom. The average molecular weight is 718 g/mol. The number of carbonyl (C=O) groups is 2. The smallest absolute Gasteiger partial charge is 0.462 e. The van der Waals surface area contributed by atoms with E-state index in [2.05, 4.69) is 26.0 Å². The molecular formula is C39H76NO8P. The number of hydrogen-bond donors (Lipinski definition) is 2. The first-order valence-electron chi connectivity index (χ1n) is 20.2. The van der Waals surface area contributed by atoms with Crippen molar-refractivity contribution in [3.8, 4) is 0 Å². The molecule has 0 fully saturated rings. The van der Waals surface area contributed by atoms with E-state index in [1.54, 1.807) is 0 Å². The van der Waals surface area contributed by atoms with Crippen LogP contribution < -0.4 is 5.73 Å². The molecule has 0 aliphatic rings. The van der Waals surface area contributed by atoms with E-state index in [0.29, 0.717) is 6.42 Å². The van der Waals surface area contributed by atoms with Gasteiger partial charge in [-0.1, -0.05) is 161 Å². The molecule has 0 spiro atoms. The van der Waals surface area contributed by atoms with Gasteiger partial charge in [-0.3, -0.25) is 18.6 Å². The largest absolute Gasteiger partial charge is 0.472 e. The number of hydrogen-bond acceptors (Lipinski definition) is 8. The van der Waals surface area contributed by atoms with Gasteiger partial charge in [0.05, 0.1) is 13.2 Å². The summed E-state index contributed by atoms with van der Waals surface area (Å²) >= 11 is 0. The Labute approximate surface area is 300 Å². The van der Waals surface area contributed by atoms with Gasteiger partial charge in [0.25, 0.3) is 0 Å². The van der Waals surface area contributed by atoms with Gasteiger partial charge in [0.15, 0.2) is 6.10 Å². The Balaban J connectivity index is 4.12. The highest BCUT2D eigenvalue weighted by atomic mass is 31.2. The third kappa shape index (κ3) is 36.3. The lowest BCUT2D eigenvalue weighted by Crippen LogP contribution is -2.29. The number of unbranched alkanes of at least 4 members (excludes halogenated alkanes) is 23. The lowest BCUT2D eigenvalue weighted by Gasteiger charge is -2.19. The van der Waals surface area contributed by atoms with Gasteiger partial charge < -0.3 is 20.1 Å². The summed E-state index contributed by atoms with van der Waals surface area (Å²) < 4.78 is 32.7. The van der Waals surface area contributed by atoms with Crippen molar-refractivity contribution in [3.63, 3.8) is 0 Å². The second-order valence-corrected chi connectivity index (χ2v) is 15.0. The Hall–Kier alpha value is -1.25. The van der Waals surface area contributed by atoms with Crippen LogP contribution in [0.3, 0.4) is 0 Å². The molecule has 0 bridgehead atoms. The predicted molar refractivity (Wildman–Crippen MR) is 201 cm³/mol. The van der Waals surface area contributed by atoms with Crippen LogP contribution in [0.5, 0.6) is 0 Å². The molecule has 0 aromatic rings. The maximum absolute atomic E-state index is 12.5. The van der Waals surface area contributed by atoms with Crippen molar-refractivity contribution in [1.82, 2.24) is 0 Å². The molecule has 49 heavy (non-hydrogen) atoms. The lowest BCUT2D eigenvalue weighted by atomic mass is 10.0. The summed E-state index contributed by atoms with van der Waals surface area (Å²) in [6.07, 6.45) is 35.3. The Morgan fingerprint density at radius 1 is 0.592 bits per heavy atom. The number of carbonyl (C=O) groups excluding carboxylic acids is 2. The molecule has 0 saturated heterocycles. The van der Waals surface area contributed by atoms with Crippen LogP contribution in [0.15, 0.2) is 12.2 Å². The maximum Gasteiger partial charge on any atom is 0.472 e. The summed E-state index contributed by atoms with van der Waals surface area (Å²) in [6.45, 7) is 3.69. The highest BCUT2D eigenvalue weighted by molar-refractivity contribution is 7.47. The van der Waals surface area contributed by atoms with Gasteiger partial charge in [-0.25, -0.2) is 4.57 Å². The molecule has 0 rings (SSSR count). The first-order chi connectivity index (χ1) is 23.8. The molecule has 0 aromatic carbocycles. The normalized spacial score (nSPS) is 13.5. The van der Waals surface area contributed by atoms with Crippen molar-refractivity contribution in [2.75, 3.05) is 26.4 Å². The zero-order valence-corrected chi connectivity index (χ0v) is 32.6. The quantitative estimate of drug-likeness (QED) is 0.0277. The molecule has 290 valence electrons. The van der Waals surface area contributed by atoms with Gasteiger partial charge in [-0.2, -0.15) is 0 Å². The molecule has 2 atom stereocenters. The van der Waals surface area contributed by atoms with Crippen LogP contribution in [0.1, 0.15) is 194 Å². The third-order valence-electron chi connectivity index (χ3n) is 8.65. The Morgan fingerprint density at radius 2 is 1.02 bits per heavy atom. The number of esters is 2. The number of ether oxygens (including phenoxy) is 2. The van der Waals surface area contributed by atoms with E-state index >= 15 is 0 Å². The van der Waals surface area contributed by atoms with Gasteiger partial charge in [0.2, 0.25) is 0 Å². The molecule has 0 aliphatic heterocycles. The van der Waals surface area contributed by atoms with Crippen molar-refractivity contribution >= 4 is 19.8 Å². The van der Waals surface area contributed by atoms with E-state index in [1.807, 2.05) is 0 Å². The number of rotatable bonds is 38. The SMILES string of the molecule is CCCC/C=C\CCCCCCCC(=O)O[C@H](COC(=O)CCCCCCCCCCCCCCCCCCC)COP(=O)(O)OCCN. The summed E-state index contributed by atoms with van der Waals surface area (Å²) in [5, 5.41) is 0. The zero-order chi connectivity index (χ0) is 36.1. The first kappa shape index (κ1) is 47.8. The van der Waals surface area contributed by atoms with E-state index in [1.165, 1.54) is 103 Å². The monoisotopic (exact) mass is 718 g/mol. The van der Waals surface area contributed by atoms with Crippen molar-refractivity contribution in [2.45, 2.75) is 200 Å². The summed E-state index contributed by atoms with van der Waals surface area (Å²) in [4.78, 5) is 34.7. The molecular weight excluding hydrogens is 641 g/mol. The number of nitrogens with two attached hydrogens (primary N) is 1. The Bertz CT molecular complexity index is 825. The first-order valence-corrected chi connectivity index (χ1v) is 21.7. The van der Waals surface area contributed by atoms with Crippen LogP contribution in [0, 0.1) is 0 Å². The second kappa shape index (κ2) is 36.5. The highest BCUT2D eigenvalue weighted by Gasteiger charge is 2.26. The number of allylic oxidation sites excluding steroid dienone is 2. The van der Waals surface area contributed by atoms with Gasteiger partial charge in [0.1, 0.15) is 6.61 Å². The molecule has 3 N–H and O–H groups in total. The minimum absolute atomic E-state index is 0.0546. The summed E-state index contributed by atoms with van der Waals surface area (Å²) in [5.74, 6) is -0.832. The molecule has 0 heterocycles. The van der Waals surface area contributed by atoms with E-state index in [9.17, 15) is 19.0 Å². The van der Waals surface area contributed by atoms with Crippen LogP contribution in [0.25, 0.3) is 0 Å². The lowest BCUT2D eigenvalue weighted by molar-refractivity contribution is -0.161. The summed E-state index contributed by atoms with van der Waals surface area (Å²) in [5.41, 5.74) is 5.33. The molecule has 0 aromatic heterocycles. The van der Waals surface area contributed by atoms with Crippen LogP contribution in [0.4, 0.5) is 0 Å². The van der Waals surface area contributed by atoms with Gasteiger partial charge in [-0.05, 0) is 32.1 Å². The van der Waals surface area contributed by atoms with Crippen LogP contribution >= 0.6 is 7.82 Å². The van der Waals surface area contributed by atoms with Crippen molar-refractivity contribution in [3.05, 3.63) is 12.2 Å². The van der Waals surface area contributed by atoms with Crippen molar-refractivity contribution in [2.24, 2.45) is 5.73 Å². The molecule has 1 unspecified atom stereocenters. The fourth-order valence-electron chi connectivity index (χ4n) is 5.62. The second-order valence-electron chi connectivity index (χ2n) is 13.5. The molecule has 0 aliphatic carbocycles. The van der Waals surface area contributed by atoms with E-state index in [0.717, 1.165) is 57.8 Å². The van der Waals surface area contributed by atoms with Gasteiger partial charge >= 0.3 is 19.8 Å². The maximum atomic E-state index is 12.5. The molecule has 10 heteroatoms. The molecule has 0 saturated carbocycles. The highest BCUT2D eigenvalue weighted by Crippen LogP contribution is 2.43. The van der Waals surface area contributed by atoms with Gasteiger partial charge in [-0.15, -0.1) is 0 Å². The van der Waals surface area contributed by atoms with Crippen LogP contribution in [-0.2, 0) is 32.7 Å². The summed E-state index contributed by atoms with van der Waals surface area (Å²) in [7, 11) is -4.37. The summed E-state index contributed by atoms with van der Waals surface area (Å²) in [6, 6.07) is 0. The average Bonchev–Trinajstić information content (AvgIpc) is 3.08. The molecule has 0 amide bonds. The van der Waals surface area contributed by atoms with Crippen molar-refractivity contribution in [1.29, 1.82) is 0 Å². The van der Waals surface area contributed by atoms with E-state index < -0.39 is 26.5 Å². The Kier molecular flexibility index (Phi) is 35.6. The van der Waals surface area contributed by atoms with Crippen LogP contribution in [-0.4, -0.2) is 49.3 Å². The standard InChI is InChI=1S/C39H76NO8P/c1-3-5-7-9-11-13-15-16-17-18-19-20-22-23-25-27-29-31-38(41)45-35-37(36-47-49(43,44)46-34-33-40)48-39(42)32-30-28-26-24-21-14-12-10-8-6-4-2/h10,12,37H,3-9,11,13-36,40H2,1-2H3,(H,43,44)/b12-10-/t37-/m1/s1. The topological polar surface area (TPSA) is 134 Å². The van der Waals surface area contributed by atoms with E-state index in [4.69, 9.17) is 24.3 Å². The van der Waals surface area contributed by atoms with Crippen molar-refractivity contribution < 1.29 is 37.6 Å². The predicted octanol–water partition coefficient (Wildman–Crippen LogP) is 11.1.